The molecule has 0 aliphatic carbocycles. The van der Waals surface area contributed by atoms with Gasteiger partial charge in [0, 0.05) is 38.7 Å². The number of nitrogens with zero attached hydrogens (tertiary/aromatic N) is 3. The maximum Gasteiger partial charge on any atom is 0.247 e. The third-order valence-corrected chi connectivity index (χ3v) is 7.12. The standard InChI is InChI=1S/C22H21BrIN3O3/c23-15-3-6-17-18(28)12-22(30-19(17)11-15)7-9-27(10-8-22)13-20-25-26-21(29-20)14-1-4-16(24)5-2-14/h1-6,11,18,28H,7-10,12-13H2. The second kappa shape index (κ2) is 8.22. The van der Waals surface area contributed by atoms with Crippen LogP contribution in [0.2, 0.25) is 0 Å². The number of aromatic nitrogens is 2. The van der Waals surface area contributed by atoms with Gasteiger partial charge in [-0.05, 0) is 71.8 Å². The van der Waals surface area contributed by atoms with Crippen LogP contribution in [0.1, 0.15) is 36.8 Å². The minimum atomic E-state index is -0.485. The van der Waals surface area contributed by atoms with Crippen LogP contribution in [0.5, 0.6) is 5.75 Å². The molecule has 0 amide bonds. The molecule has 0 bridgehead atoms. The number of aliphatic hydroxyl groups is 1. The van der Waals surface area contributed by atoms with E-state index in [4.69, 9.17) is 9.15 Å². The van der Waals surface area contributed by atoms with Crippen LogP contribution in [0.4, 0.5) is 0 Å². The summed E-state index contributed by atoms with van der Waals surface area (Å²) in [4.78, 5) is 2.31. The van der Waals surface area contributed by atoms with Crippen LogP contribution in [0.3, 0.4) is 0 Å². The maximum absolute atomic E-state index is 10.7. The summed E-state index contributed by atoms with van der Waals surface area (Å²) in [5.41, 5.74) is 1.49. The summed E-state index contributed by atoms with van der Waals surface area (Å²) in [5, 5.41) is 19.1. The normalized spacial score (nSPS) is 20.7. The number of fused-ring (bicyclic) bond motifs is 1. The van der Waals surface area contributed by atoms with Crippen molar-refractivity contribution in [3.8, 4) is 17.2 Å². The van der Waals surface area contributed by atoms with E-state index in [1.54, 1.807) is 0 Å². The fourth-order valence-electron chi connectivity index (χ4n) is 4.25. The number of hydrogen-bond acceptors (Lipinski definition) is 6. The van der Waals surface area contributed by atoms with Gasteiger partial charge in [0.1, 0.15) is 11.4 Å². The fourth-order valence-corrected chi connectivity index (χ4v) is 4.95. The summed E-state index contributed by atoms with van der Waals surface area (Å²) >= 11 is 5.77. The molecule has 1 unspecified atom stereocenters. The lowest BCUT2D eigenvalue weighted by molar-refractivity contribution is -0.0560. The van der Waals surface area contributed by atoms with Crippen LogP contribution in [0, 0.1) is 3.57 Å². The SMILES string of the molecule is OC1CC2(CCN(Cc3nnc(-c4ccc(I)cc4)o3)CC2)Oc2cc(Br)ccc21. The molecular weight excluding hydrogens is 561 g/mol. The predicted octanol–water partition coefficient (Wildman–Crippen LogP) is 4.95. The highest BCUT2D eigenvalue weighted by atomic mass is 127. The van der Waals surface area contributed by atoms with Crippen LogP contribution in [-0.2, 0) is 6.54 Å². The second-order valence-electron chi connectivity index (χ2n) is 7.97. The average Bonchev–Trinajstić information content (AvgIpc) is 3.18. The molecule has 1 N–H and O–H groups in total. The van der Waals surface area contributed by atoms with Gasteiger partial charge in [0.2, 0.25) is 11.8 Å². The molecule has 6 nitrogen and oxygen atoms in total. The molecule has 0 saturated carbocycles. The van der Waals surface area contributed by atoms with E-state index in [1.165, 1.54) is 3.57 Å². The van der Waals surface area contributed by atoms with E-state index in [0.29, 0.717) is 24.7 Å². The summed E-state index contributed by atoms with van der Waals surface area (Å²) in [6, 6.07) is 13.9. The van der Waals surface area contributed by atoms with Gasteiger partial charge in [0.25, 0.3) is 0 Å². The van der Waals surface area contributed by atoms with Crippen molar-refractivity contribution in [2.45, 2.75) is 37.5 Å². The van der Waals surface area contributed by atoms with Gasteiger partial charge in [-0.2, -0.15) is 0 Å². The Hall–Kier alpha value is -1.49. The fraction of sp³-hybridized carbons (Fsp3) is 0.364. The van der Waals surface area contributed by atoms with Gasteiger partial charge in [-0.3, -0.25) is 4.90 Å². The van der Waals surface area contributed by atoms with Crippen molar-refractivity contribution in [3.63, 3.8) is 0 Å². The Labute approximate surface area is 196 Å². The van der Waals surface area contributed by atoms with Crippen LogP contribution in [0.25, 0.3) is 11.5 Å². The number of rotatable bonds is 3. The van der Waals surface area contributed by atoms with Crippen molar-refractivity contribution in [3.05, 3.63) is 62.0 Å². The van der Waals surface area contributed by atoms with Crippen molar-refractivity contribution >= 4 is 38.5 Å². The molecule has 0 radical (unpaired) electrons. The maximum atomic E-state index is 10.7. The molecule has 1 spiro atoms. The number of benzene rings is 2. The third-order valence-electron chi connectivity index (χ3n) is 5.91. The molecule has 3 aromatic rings. The Bertz CT molecular complexity index is 1050. The first-order valence-electron chi connectivity index (χ1n) is 9.97. The van der Waals surface area contributed by atoms with Crippen molar-refractivity contribution < 1.29 is 14.3 Å². The first kappa shape index (κ1) is 20.4. The Kier molecular flexibility index (Phi) is 5.59. The molecule has 1 atom stereocenters. The van der Waals surface area contributed by atoms with Gasteiger partial charge >= 0.3 is 0 Å². The van der Waals surface area contributed by atoms with E-state index in [1.807, 2.05) is 42.5 Å². The van der Waals surface area contributed by atoms with Crippen molar-refractivity contribution in [1.82, 2.24) is 15.1 Å². The zero-order valence-corrected chi connectivity index (χ0v) is 20.0. The highest BCUT2D eigenvalue weighted by Crippen LogP contribution is 2.45. The number of ether oxygens (including phenoxy) is 1. The van der Waals surface area contributed by atoms with Crippen LogP contribution in [-0.4, -0.2) is 38.9 Å². The van der Waals surface area contributed by atoms with Crippen molar-refractivity contribution in [1.29, 1.82) is 0 Å². The lowest BCUT2D eigenvalue weighted by Crippen LogP contribution is -2.50. The largest absolute Gasteiger partial charge is 0.487 e. The average molecular weight is 582 g/mol. The van der Waals surface area contributed by atoms with E-state index in [-0.39, 0.29) is 5.60 Å². The van der Waals surface area contributed by atoms with E-state index in [0.717, 1.165) is 47.3 Å². The van der Waals surface area contributed by atoms with E-state index >= 15 is 0 Å². The van der Waals surface area contributed by atoms with Gasteiger partial charge < -0.3 is 14.3 Å². The monoisotopic (exact) mass is 581 g/mol. The predicted molar refractivity (Wildman–Crippen MR) is 124 cm³/mol. The summed E-state index contributed by atoms with van der Waals surface area (Å²) < 4.78 is 14.4. The summed E-state index contributed by atoms with van der Waals surface area (Å²) in [5.74, 6) is 1.96. The van der Waals surface area contributed by atoms with Crippen LogP contribution < -0.4 is 4.74 Å². The first-order valence-corrected chi connectivity index (χ1v) is 11.8. The molecule has 2 aliphatic rings. The molecule has 5 rings (SSSR count). The summed E-state index contributed by atoms with van der Waals surface area (Å²) in [7, 11) is 0. The van der Waals surface area contributed by atoms with Crippen LogP contribution >= 0.6 is 38.5 Å². The van der Waals surface area contributed by atoms with Gasteiger partial charge in [-0.15, -0.1) is 10.2 Å². The van der Waals surface area contributed by atoms with Crippen molar-refractivity contribution in [2.24, 2.45) is 0 Å². The third kappa shape index (κ3) is 4.15. The molecular formula is C22H21BrIN3O3. The molecule has 2 aliphatic heterocycles. The van der Waals surface area contributed by atoms with Crippen molar-refractivity contribution in [2.75, 3.05) is 13.1 Å². The molecule has 1 aromatic heterocycles. The van der Waals surface area contributed by atoms with Gasteiger partial charge in [-0.25, -0.2) is 0 Å². The van der Waals surface area contributed by atoms with E-state index in [9.17, 15) is 5.11 Å². The Morgan fingerprint density at radius 2 is 1.90 bits per heavy atom. The quantitative estimate of drug-likeness (QED) is 0.441. The van der Waals surface area contributed by atoms with E-state index < -0.39 is 6.10 Å². The topological polar surface area (TPSA) is 71.6 Å². The Balaban J connectivity index is 1.23. The lowest BCUT2D eigenvalue weighted by atomic mass is 9.81. The molecule has 156 valence electrons. The van der Waals surface area contributed by atoms with Gasteiger partial charge in [-0.1, -0.05) is 22.0 Å². The Morgan fingerprint density at radius 3 is 2.67 bits per heavy atom. The highest BCUT2D eigenvalue weighted by Gasteiger charge is 2.43. The number of halogens is 2. The second-order valence-corrected chi connectivity index (χ2v) is 10.1. The molecule has 3 heterocycles. The summed E-state index contributed by atoms with van der Waals surface area (Å²) in [6.07, 6.45) is 1.86. The number of hydrogen-bond donors (Lipinski definition) is 1. The molecule has 30 heavy (non-hydrogen) atoms. The minimum Gasteiger partial charge on any atom is -0.487 e. The van der Waals surface area contributed by atoms with E-state index in [2.05, 4.69) is 53.6 Å². The number of aliphatic hydroxyl groups excluding tert-OH is 1. The zero-order valence-electron chi connectivity index (χ0n) is 16.2. The Morgan fingerprint density at radius 1 is 1.13 bits per heavy atom. The minimum absolute atomic E-state index is 0.315. The van der Waals surface area contributed by atoms with Gasteiger partial charge in [0.05, 0.1) is 12.6 Å². The first-order chi connectivity index (χ1) is 14.5. The zero-order chi connectivity index (χ0) is 20.7. The molecule has 8 heteroatoms. The summed E-state index contributed by atoms with van der Waals surface area (Å²) in [6.45, 7) is 2.34. The number of piperidine rings is 1. The molecule has 2 aromatic carbocycles. The number of likely N-dealkylation sites (tertiary alicyclic amines) is 1. The highest BCUT2D eigenvalue weighted by molar-refractivity contribution is 14.1. The smallest absolute Gasteiger partial charge is 0.247 e. The van der Waals surface area contributed by atoms with Gasteiger partial charge in [0.15, 0.2) is 0 Å². The lowest BCUT2D eigenvalue weighted by Gasteiger charge is -2.45. The molecule has 1 saturated heterocycles. The van der Waals surface area contributed by atoms with Crippen LogP contribution in [0.15, 0.2) is 51.4 Å². The molecule has 1 fully saturated rings.